The third kappa shape index (κ3) is 4.22. The summed E-state index contributed by atoms with van der Waals surface area (Å²) < 4.78 is 0. The number of rotatable bonds is 6. The number of hydrogen-bond acceptors (Lipinski definition) is 3. The second kappa shape index (κ2) is 8.25. The minimum Gasteiger partial charge on any atom is -0.345 e. The van der Waals surface area contributed by atoms with Crippen molar-refractivity contribution in [1.29, 1.82) is 0 Å². The molecule has 1 heterocycles. The van der Waals surface area contributed by atoms with Crippen molar-refractivity contribution in [3.63, 3.8) is 0 Å². The maximum atomic E-state index is 12.8. The highest BCUT2D eigenvalue weighted by Gasteiger charge is 2.19. The number of aryl methyl sites for hydroxylation is 1. The molecule has 0 saturated heterocycles. The van der Waals surface area contributed by atoms with Gasteiger partial charge in [0.25, 0.3) is 5.91 Å². The largest absolute Gasteiger partial charge is 0.345 e. The fraction of sp³-hybridized carbons (Fsp3) is 0.318. The smallest absolute Gasteiger partial charge is 0.314 e. The molecule has 0 aliphatic rings. The molecule has 6 heteroatoms. The summed E-state index contributed by atoms with van der Waals surface area (Å²) in [6, 6.07) is 13.0. The Morgan fingerprint density at radius 3 is 2.21 bits per heavy atom. The van der Waals surface area contributed by atoms with E-state index in [0.29, 0.717) is 16.6 Å². The van der Waals surface area contributed by atoms with E-state index in [0.717, 1.165) is 18.4 Å². The average Bonchev–Trinajstić information content (AvgIpc) is 2.67. The summed E-state index contributed by atoms with van der Waals surface area (Å²) in [5, 5.41) is 3.09. The maximum absolute atomic E-state index is 12.8. The van der Waals surface area contributed by atoms with Crippen LogP contribution in [0.15, 0.2) is 52.1 Å². The van der Waals surface area contributed by atoms with E-state index in [1.807, 2.05) is 0 Å². The van der Waals surface area contributed by atoms with Gasteiger partial charge in [-0.1, -0.05) is 51.5 Å². The van der Waals surface area contributed by atoms with Crippen molar-refractivity contribution in [2.24, 2.45) is 5.92 Å². The number of aromatic nitrogens is 2. The number of fused-ring (bicyclic) bond motifs is 1. The lowest BCUT2D eigenvalue weighted by Gasteiger charge is -2.23. The fourth-order valence-corrected chi connectivity index (χ4v) is 3.30. The molecule has 0 saturated carbocycles. The number of benzene rings is 2. The van der Waals surface area contributed by atoms with Crippen LogP contribution < -0.4 is 16.4 Å². The minimum absolute atomic E-state index is 0.131. The summed E-state index contributed by atoms with van der Waals surface area (Å²) in [5.41, 5.74) is 2.21. The van der Waals surface area contributed by atoms with Crippen LogP contribution in [0.3, 0.4) is 0 Å². The lowest BCUT2D eigenvalue weighted by Crippen LogP contribution is -2.32. The molecule has 6 nitrogen and oxygen atoms in total. The molecule has 0 bridgehead atoms. The van der Waals surface area contributed by atoms with Crippen molar-refractivity contribution >= 4 is 16.9 Å². The standard InChI is InChI=1S/C22H25N3O3/c1-4-5-14-6-8-15(9-7-14)19(13(2)3)25-20(26)16-10-11-17-18(12-16)24-22(28)21(27)23-17/h6-13,19H,4-5H2,1-3H3,(H,23,27)(H,24,28)(H,25,26)/t19-/m0/s1. The SMILES string of the molecule is CCCc1ccc([C@@H](NC(=O)c2ccc3[nH]c(=O)c(=O)[nH]c3c2)C(C)C)cc1. The molecule has 0 spiro atoms. The second-order valence-corrected chi connectivity index (χ2v) is 7.36. The third-order valence-corrected chi connectivity index (χ3v) is 4.82. The van der Waals surface area contributed by atoms with Crippen LogP contribution in [-0.4, -0.2) is 15.9 Å². The topological polar surface area (TPSA) is 94.8 Å². The molecule has 1 aromatic heterocycles. The Balaban J connectivity index is 1.86. The predicted molar refractivity (Wildman–Crippen MR) is 111 cm³/mol. The Morgan fingerprint density at radius 2 is 1.61 bits per heavy atom. The van der Waals surface area contributed by atoms with Gasteiger partial charge in [-0.15, -0.1) is 0 Å². The number of nitrogens with one attached hydrogen (secondary N) is 3. The fourth-order valence-electron chi connectivity index (χ4n) is 3.30. The summed E-state index contributed by atoms with van der Waals surface area (Å²) in [6.45, 7) is 6.28. The Hall–Kier alpha value is -3.15. The number of hydrogen-bond donors (Lipinski definition) is 3. The molecule has 1 amide bonds. The van der Waals surface area contributed by atoms with E-state index < -0.39 is 11.1 Å². The van der Waals surface area contributed by atoms with Gasteiger partial charge < -0.3 is 15.3 Å². The first-order valence-corrected chi connectivity index (χ1v) is 9.55. The number of H-pyrrole nitrogens is 2. The maximum Gasteiger partial charge on any atom is 0.314 e. The Labute approximate surface area is 163 Å². The van der Waals surface area contributed by atoms with Gasteiger partial charge in [-0.05, 0) is 41.7 Å². The van der Waals surface area contributed by atoms with Gasteiger partial charge in [0, 0.05) is 5.56 Å². The van der Waals surface area contributed by atoms with Crippen LogP contribution in [0.1, 0.15) is 54.7 Å². The number of amides is 1. The zero-order valence-corrected chi connectivity index (χ0v) is 16.3. The molecule has 0 fully saturated rings. The summed E-state index contributed by atoms with van der Waals surface area (Å²) in [5.74, 6) is -0.0251. The second-order valence-electron chi connectivity index (χ2n) is 7.36. The van der Waals surface area contributed by atoms with Gasteiger partial charge in [0.15, 0.2) is 0 Å². The third-order valence-electron chi connectivity index (χ3n) is 4.82. The summed E-state index contributed by atoms with van der Waals surface area (Å²) in [6.07, 6.45) is 2.13. The zero-order chi connectivity index (χ0) is 20.3. The molecule has 0 radical (unpaired) electrons. The van der Waals surface area contributed by atoms with E-state index in [-0.39, 0.29) is 17.9 Å². The first-order valence-electron chi connectivity index (χ1n) is 9.55. The van der Waals surface area contributed by atoms with Crippen LogP contribution in [-0.2, 0) is 6.42 Å². The van der Waals surface area contributed by atoms with Gasteiger partial charge >= 0.3 is 11.1 Å². The minimum atomic E-state index is -0.739. The number of carbonyl (C=O) groups is 1. The van der Waals surface area contributed by atoms with Crippen LogP contribution in [0.2, 0.25) is 0 Å². The highest BCUT2D eigenvalue weighted by Crippen LogP contribution is 2.23. The van der Waals surface area contributed by atoms with Gasteiger partial charge in [0.1, 0.15) is 0 Å². The van der Waals surface area contributed by atoms with Gasteiger partial charge in [-0.2, -0.15) is 0 Å². The molecule has 0 aliphatic carbocycles. The normalized spacial score (nSPS) is 12.3. The van der Waals surface area contributed by atoms with Gasteiger partial charge in [0.2, 0.25) is 0 Å². The van der Waals surface area contributed by atoms with Crippen molar-refractivity contribution < 1.29 is 4.79 Å². The van der Waals surface area contributed by atoms with E-state index in [1.165, 1.54) is 5.56 Å². The van der Waals surface area contributed by atoms with Gasteiger partial charge in [-0.25, -0.2) is 0 Å². The highest BCUT2D eigenvalue weighted by molar-refractivity contribution is 5.97. The molecule has 1 atom stereocenters. The monoisotopic (exact) mass is 379 g/mol. The Bertz CT molecular complexity index is 1090. The van der Waals surface area contributed by atoms with Crippen LogP contribution >= 0.6 is 0 Å². The van der Waals surface area contributed by atoms with E-state index >= 15 is 0 Å². The lowest BCUT2D eigenvalue weighted by atomic mass is 9.94. The van der Waals surface area contributed by atoms with Crippen molar-refractivity contribution in [2.75, 3.05) is 0 Å². The molecule has 0 unspecified atom stereocenters. The molecular weight excluding hydrogens is 354 g/mol. The van der Waals surface area contributed by atoms with Crippen LogP contribution in [0, 0.1) is 5.92 Å². The molecule has 2 aromatic carbocycles. The quantitative estimate of drug-likeness (QED) is 0.574. The van der Waals surface area contributed by atoms with E-state index in [2.05, 4.69) is 60.3 Å². The molecular formula is C22H25N3O3. The first-order chi connectivity index (χ1) is 13.4. The molecule has 3 rings (SSSR count). The van der Waals surface area contributed by atoms with Crippen molar-refractivity contribution in [3.8, 4) is 0 Å². The van der Waals surface area contributed by atoms with Crippen molar-refractivity contribution in [1.82, 2.24) is 15.3 Å². The lowest BCUT2D eigenvalue weighted by molar-refractivity contribution is 0.0925. The van der Waals surface area contributed by atoms with Gasteiger partial charge in [-0.3, -0.25) is 14.4 Å². The molecule has 0 aliphatic heterocycles. The van der Waals surface area contributed by atoms with Crippen molar-refractivity contribution in [2.45, 2.75) is 39.7 Å². The summed E-state index contributed by atoms with van der Waals surface area (Å²) >= 11 is 0. The summed E-state index contributed by atoms with van der Waals surface area (Å²) in [4.78, 5) is 40.8. The van der Waals surface area contributed by atoms with Crippen LogP contribution in [0.5, 0.6) is 0 Å². The molecule has 28 heavy (non-hydrogen) atoms. The average molecular weight is 379 g/mol. The summed E-state index contributed by atoms with van der Waals surface area (Å²) in [7, 11) is 0. The molecule has 146 valence electrons. The highest BCUT2D eigenvalue weighted by atomic mass is 16.2. The van der Waals surface area contributed by atoms with E-state index in [9.17, 15) is 14.4 Å². The first kappa shape index (κ1) is 19.6. The van der Waals surface area contributed by atoms with Crippen LogP contribution in [0.4, 0.5) is 0 Å². The zero-order valence-electron chi connectivity index (χ0n) is 16.3. The van der Waals surface area contributed by atoms with E-state index in [4.69, 9.17) is 0 Å². The van der Waals surface area contributed by atoms with Crippen LogP contribution in [0.25, 0.3) is 11.0 Å². The predicted octanol–water partition coefficient (Wildman–Crippen LogP) is 3.30. The Kier molecular flexibility index (Phi) is 5.78. The molecule has 3 aromatic rings. The number of aromatic amines is 2. The van der Waals surface area contributed by atoms with E-state index in [1.54, 1.807) is 18.2 Å². The molecule has 3 N–H and O–H groups in total. The Morgan fingerprint density at radius 1 is 0.964 bits per heavy atom. The van der Waals surface area contributed by atoms with Crippen molar-refractivity contribution in [3.05, 3.63) is 79.9 Å². The number of carbonyl (C=O) groups excluding carboxylic acids is 1. The van der Waals surface area contributed by atoms with Gasteiger partial charge in [0.05, 0.1) is 17.1 Å².